The van der Waals surface area contributed by atoms with Gasteiger partial charge < -0.3 is 20.3 Å². The number of nitrogens with one attached hydrogen (secondary N) is 1. The molecule has 0 aliphatic heterocycles. The van der Waals surface area contributed by atoms with Crippen molar-refractivity contribution in [2.75, 3.05) is 6.61 Å². The van der Waals surface area contributed by atoms with E-state index in [-0.39, 0.29) is 24.9 Å². The maximum Gasteiger partial charge on any atom is 0.306 e. The summed E-state index contributed by atoms with van der Waals surface area (Å²) in [4.78, 5) is 26.1. The van der Waals surface area contributed by atoms with Gasteiger partial charge in [-0.15, -0.1) is 0 Å². The molecule has 0 aliphatic carbocycles. The Bertz CT molecular complexity index is 1180. The van der Waals surface area contributed by atoms with Gasteiger partial charge in [0.2, 0.25) is 5.91 Å². The fourth-order valence-electron chi connectivity index (χ4n) is 7.25. The van der Waals surface area contributed by atoms with Crippen LogP contribution in [0.25, 0.3) is 0 Å². The molecule has 0 aromatic heterocycles. The molecule has 0 spiro atoms. The van der Waals surface area contributed by atoms with Gasteiger partial charge in [0, 0.05) is 6.42 Å². The van der Waals surface area contributed by atoms with Crippen LogP contribution in [0.2, 0.25) is 0 Å². The molecule has 6 heteroatoms. The molecule has 0 saturated heterocycles. The number of unbranched alkanes of at least 4 members (excludes halogenated alkanes) is 22. The van der Waals surface area contributed by atoms with Gasteiger partial charge in [0.05, 0.1) is 25.2 Å². The normalized spacial score (nSPS) is 14.0. The average Bonchev–Trinajstić information content (AvgIpc) is 3.25. The number of hydrogen-bond donors (Lipinski definition) is 3. The molecule has 0 radical (unpaired) electrons. The van der Waals surface area contributed by atoms with E-state index in [0.717, 1.165) is 70.6 Å². The molecule has 0 aromatic carbocycles. The molecular weight excluding hydrogens is 755 g/mol. The minimum Gasteiger partial charge on any atom is -0.462 e. The van der Waals surface area contributed by atoms with Crippen molar-refractivity contribution in [3.05, 3.63) is 85.1 Å². The predicted molar refractivity (Wildman–Crippen MR) is 264 cm³/mol. The van der Waals surface area contributed by atoms with E-state index in [0.29, 0.717) is 19.3 Å². The molecule has 6 nitrogen and oxygen atoms in total. The van der Waals surface area contributed by atoms with E-state index in [2.05, 4.69) is 62.5 Å². The van der Waals surface area contributed by atoms with Gasteiger partial charge in [-0.3, -0.25) is 9.59 Å². The maximum atomic E-state index is 13.2. The van der Waals surface area contributed by atoms with Crippen molar-refractivity contribution in [3.63, 3.8) is 0 Å². The molecule has 0 fully saturated rings. The van der Waals surface area contributed by atoms with Crippen LogP contribution >= 0.6 is 0 Å². The molecule has 0 aliphatic rings. The Morgan fingerprint density at radius 2 is 0.967 bits per heavy atom. The summed E-state index contributed by atoms with van der Waals surface area (Å²) in [6.45, 7) is 6.28. The molecule has 3 unspecified atom stereocenters. The number of rotatable bonds is 44. The molecule has 1 amide bonds. The number of aliphatic hydroxyl groups excluding tert-OH is 2. The monoisotopic (exact) mass is 850 g/mol. The summed E-state index contributed by atoms with van der Waals surface area (Å²) in [6.07, 6.45) is 62.2. The number of carbonyl (C=O) groups is 2. The molecule has 61 heavy (non-hydrogen) atoms. The van der Waals surface area contributed by atoms with E-state index in [1.165, 1.54) is 109 Å². The van der Waals surface area contributed by atoms with Crippen LogP contribution in [-0.2, 0) is 14.3 Å². The van der Waals surface area contributed by atoms with Crippen molar-refractivity contribution in [1.82, 2.24) is 5.32 Å². The Hall–Kier alpha value is -2.96. The predicted octanol–water partition coefficient (Wildman–Crippen LogP) is 15.2. The van der Waals surface area contributed by atoms with Gasteiger partial charge in [-0.2, -0.15) is 0 Å². The molecule has 3 atom stereocenters. The van der Waals surface area contributed by atoms with Crippen LogP contribution in [0.15, 0.2) is 85.1 Å². The quantitative estimate of drug-likeness (QED) is 0.0246. The number of ether oxygens (including phenoxy) is 1. The highest BCUT2D eigenvalue weighted by Gasteiger charge is 2.24. The minimum atomic E-state index is -0.811. The Kier molecular flexibility index (Phi) is 45.7. The van der Waals surface area contributed by atoms with Crippen LogP contribution in [0.5, 0.6) is 0 Å². The van der Waals surface area contributed by atoms with Gasteiger partial charge in [-0.1, -0.05) is 228 Å². The third-order valence-electron chi connectivity index (χ3n) is 11.1. The number of hydrogen-bond acceptors (Lipinski definition) is 5. The summed E-state index contributed by atoms with van der Waals surface area (Å²) in [5, 5.41) is 23.7. The first-order valence-corrected chi connectivity index (χ1v) is 25.4. The van der Waals surface area contributed by atoms with Crippen LogP contribution in [0.1, 0.15) is 226 Å². The van der Waals surface area contributed by atoms with Crippen molar-refractivity contribution in [2.24, 2.45) is 0 Å². The lowest BCUT2D eigenvalue weighted by atomic mass is 10.0. The second-order valence-corrected chi connectivity index (χ2v) is 17.0. The third kappa shape index (κ3) is 43.5. The molecule has 0 bridgehead atoms. The second-order valence-electron chi connectivity index (χ2n) is 17.0. The maximum absolute atomic E-state index is 13.2. The third-order valence-corrected chi connectivity index (χ3v) is 11.1. The van der Waals surface area contributed by atoms with E-state index < -0.39 is 18.2 Å². The zero-order valence-corrected chi connectivity index (χ0v) is 39.8. The van der Waals surface area contributed by atoms with E-state index >= 15 is 0 Å². The molecule has 3 N–H and O–H groups in total. The van der Waals surface area contributed by atoms with Crippen molar-refractivity contribution in [3.8, 4) is 0 Å². The Morgan fingerprint density at radius 3 is 1.52 bits per heavy atom. The molecule has 0 saturated carbocycles. The van der Waals surface area contributed by atoms with Gasteiger partial charge in [0.15, 0.2) is 0 Å². The van der Waals surface area contributed by atoms with Gasteiger partial charge in [0.1, 0.15) is 6.10 Å². The van der Waals surface area contributed by atoms with Gasteiger partial charge in [0.25, 0.3) is 0 Å². The van der Waals surface area contributed by atoms with E-state index in [1.807, 2.05) is 48.6 Å². The number of carbonyl (C=O) groups excluding carboxylic acids is 2. The Balaban J connectivity index is 4.69. The van der Waals surface area contributed by atoms with E-state index in [9.17, 15) is 19.8 Å². The number of allylic oxidation sites excluding steroid dienone is 14. The second kappa shape index (κ2) is 48.1. The highest BCUT2D eigenvalue weighted by atomic mass is 16.5. The standard InChI is InChI=1S/C55H95NO5/c1-4-7-10-13-16-19-22-25-26-27-28-30-33-36-39-42-45-48-55(60)61-51(46-43-40-37-34-31-29-23-20-17-14-11-8-5-2)49-54(59)56-52(50-57)53(58)47-44-41-38-35-32-24-21-18-15-12-9-6-3/h8,11,14,16-17,19-20,23,25-26,29,31,34,37,51-53,57-58H,4-7,9-10,12-13,15,18,21-22,24,27-28,30,32-33,35-36,38-50H2,1-3H3,(H,56,59)/b11-8+,17-14+,19-16-,23-20-,26-25-,31-29-,37-34+. The molecule has 0 heterocycles. The summed E-state index contributed by atoms with van der Waals surface area (Å²) in [5.41, 5.74) is 0. The first kappa shape index (κ1) is 58.0. The zero-order valence-electron chi connectivity index (χ0n) is 39.8. The van der Waals surface area contributed by atoms with Gasteiger partial charge in [-0.25, -0.2) is 0 Å². The van der Waals surface area contributed by atoms with Crippen LogP contribution in [0, 0.1) is 0 Å². The lowest BCUT2D eigenvalue weighted by Crippen LogP contribution is -2.46. The Labute approximate surface area is 376 Å². The highest BCUT2D eigenvalue weighted by Crippen LogP contribution is 2.17. The lowest BCUT2D eigenvalue weighted by molar-refractivity contribution is -0.151. The van der Waals surface area contributed by atoms with Crippen LogP contribution in [0.3, 0.4) is 0 Å². The van der Waals surface area contributed by atoms with Crippen LogP contribution in [-0.4, -0.2) is 46.9 Å². The fraction of sp³-hybridized carbons (Fsp3) is 0.709. The Morgan fingerprint density at radius 1 is 0.508 bits per heavy atom. The van der Waals surface area contributed by atoms with E-state index in [1.54, 1.807) is 0 Å². The molecule has 350 valence electrons. The summed E-state index contributed by atoms with van der Waals surface area (Å²) in [7, 11) is 0. The summed E-state index contributed by atoms with van der Waals surface area (Å²) in [5.74, 6) is -0.559. The minimum absolute atomic E-state index is 0.0217. The first-order chi connectivity index (χ1) is 30.0. The fourth-order valence-corrected chi connectivity index (χ4v) is 7.25. The summed E-state index contributed by atoms with van der Waals surface area (Å²) in [6, 6.07) is -0.729. The van der Waals surface area contributed by atoms with Crippen molar-refractivity contribution in [2.45, 2.75) is 244 Å². The smallest absolute Gasteiger partial charge is 0.306 e. The summed E-state index contributed by atoms with van der Waals surface area (Å²) < 4.78 is 5.89. The van der Waals surface area contributed by atoms with Gasteiger partial charge >= 0.3 is 5.97 Å². The first-order valence-electron chi connectivity index (χ1n) is 25.4. The average molecular weight is 850 g/mol. The zero-order chi connectivity index (χ0) is 44.5. The number of amides is 1. The lowest BCUT2D eigenvalue weighted by Gasteiger charge is -2.24. The van der Waals surface area contributed by atoms with Gasteiger partial charge in [-0.05, 0) is 70.6 Å². The number of esters is 1. The van der Waals surface area contributed by atoms with Crippen LogP contribution in [0.4, 0.5) is 0 Å². The van der Waals surface area contributed by atoms with Crippen LogP contribution < -0.4 is 5.32 Å². The SMILES string of the molecule is CC/C=C/C=C/C=C\C=C/C=C/CCCC(CC(=O)NC(CO)C(O)CCCCCCCCCCCCCC)OC(=O)CCCCCCCCC/C=C\C/C=C\CCCCC. The molecular formula is C55H95NO5. The topological polar surface area (TPSA) is 95.9 Å². The van der Waals surface area contributed by atoms with Crippen molar-refractivity contribution < 1.29 is 24.5 Å². The molecule has 0 aromatic rings. The van der Waals surface area contributed by atoms with E-state index in [4.69, 9.17) is 4.74 Å². The summed E-state index contributed by atoms with van der Waals surface area (Å²) >= 11 is 0. The van der Waals surface area contributed by atoms with Crippen molar-refractivity contribution in [1.29, 1.82) is 0 Å². The molecule has 0 rings (SSSR count). The number of aliphatic hydroxyl groups is 2. The highest BCUT2D eigenvalue weighted by molar-refractivity contribution is 5.77. The largest absolute Gasteiger partial charge is 0.462 e. The van der Waals surface area contributed by atoms with Crippen molar-refractivity contribution >= 4 is 11.9 Å².